The summed E-state index contributed by atoms with van der Waals surface area (Å²) in [5.74, 6) is -0.525. The van der Waals surface area contributed by atoms with Gasteiger partial charge in [-0.3, -0.25) is 9.59 Å². The zero-order valence-corrected chi connectivity index (χ0v) is 11.6. The minimum atomic E-state index is -0.677. The molecule has 6 heteroatoms. The van der Waals surface area contributed by atoms with E-state index in [0.717, 1.165) is 5.56 Å². The molecule has 0 radical (unpaired) electrons. The van der Waals surface area contributed by atoms with Crippen LogP contribution in [0.3, 0.4) is 0 Å². The van der Waals surface area contributed by atoms with Crippen LogP contribution < -0.4 is 11.1 Å². The molecule has 0 saturated heterocycles. The van der Waals surface area contributed by atoms with Crippen molar-refractivity contribution < 1.29 is 14.3 Å². The van der Waals surface area contributed by atoms with Crippen molar-refractivity contribution in [1.29, 1.82) is 0 Å². The highest BCUT2D eigenvalue weighted by atomic mass is 35.5. The Hall–Kier alpha value is -1.59. The summed E-state index contributed by atoms with van der Waals surface area (Å²) >= 11 is 0. The minimum absolute atomic E-state index is 0. The predicted octanol–water partition coefficient (Wildman–Crippen LogP) is 1.18. The zero-order chi connectivity index (χ0) is 13.4. The van der Waals surface area contributed by atoms with Gasteiger partial charge in [0, 0.05) is 13.0 Å². The zero-order valence-electron chi connectivity index (χ0n) is 10.8. The lowest BCUT2D eigenvalue weighted by Crippen LogP contribution is -2.34. The quantitative estimate of drug-likeness (QED) is 0.608. The summed E-state index contributed by atoms with van der Waals surface area (Å²) in [5.41, 5.74) is 6.57. The Morgan fingerprint density at radius 3 is 2.53 bits per heavy atom. The molecule has 1 aromatic carbocycles. The fourth-order valence-electron chi connectivity index (χ4n) is 1.47. The van der Waals surface area contributed by atoms with Crippen molar-refractivity contribution in [3.63, 3.8) is 0 Å². The Labute approximate surface area is 118 Å². The number of nitrogens with one attached hydrogen (secondary N) is 1. The van der Waals surface area contributed by atoms with E-state index in [4.69, 9.17) is 5.73 Å². The molecule has 0 aliphatic carbocycles. The average molecular weight is 287 g/mol. The Morgan fingerprint density at radius 1 is 1.32 bits per heavy atom. The maximum Gasteiger partial charge on any atom is 0.305 e. The van der Waals surface area contributed by atoms with Crippen LogP contribution in [0.4, 0.5) is 0 Å². The van der Waals surface area contributed by atoms with E-state index < -0.39 is 6.04 Å². The van der Waals surface area contributed by atoms with Gasteiger partial charge in [0.25, 0.3) is 0 Å². The number of benzene rings is 1. The first-order chi connectivity index (χ1) is 8.65. The molecule has 1 aromatic rings. The molecular formula is C13H19ClN2O3. The molecule has 0 aromatic heterocycles. The smallest absolute Gasteiger partial charge is 0.305 e. The third-order valence-corrected chi connectivity index (χ3v) is 2.53. The molecule has 0 aliphatic rings. The van der Waals surface area contributed by atoms with Gasteiger partial charge in [0.15, 0.2) is 0 Å². The minimum Gasteiger partial charge on any atom is -0.469 e. The molecule has 0 fully saturated rings. The fourth-order valence-corrected chi connectivity index (χ4v) is 1.47. The molecular weight excluding hydrogens is 268 g/mol. The predicted molar refractivity (Wildman–Crippen MR) is 74.9 cm³/mol. The van der Waals surface area contributed by atoms with E-state index in [9.17, 15) is 9.59 Å². The van der Waals surface area contributed by atoms with Gasteiger partial charge in [-0.25, -0.2) is 0 Å². The number of hydrogen-bond acceptors (Lipinski definition) is 4. The first kappa shape index (κ1) is 17.4. The molecule has 0 saturated carbocycles. The number of carbonyl (C=O) groups is 2. The average Bonchev–Trinajstić information content (AvgIpc) is 2.43. The summed E-state index contributed by atoms with van der Waals surface area (Å²) in [6.45, 7) is 0.411. The summed E-state index contributed by atoms with van der Waals surface area (Å²) < 4.78 is 4.50. The second kappa shape index (κ2) is 9.35. The molecule has 1 rings (SSSR count). The Balaban J connectivity index is 0.00000324. The second-order valence-corrected chi connectivity index (χ2v) is 3.86. The first-order valence-electron chi connectivity index (χ1n) is 5.80. The van der Waals surface area contributed by atoms with Gasteiger partial charge in [0.2, 0.25) is 5.91 Å². The highest BCUT2D eigenvalue weighted by Crippen LogP contribution is 2.09. The number of carbonyl (C=O) groups excluding carboxylic acids is 2. The van der Waals surface area contributed by atoms with E-state index in [2.05, 4.69) is 10.1 Å². The summed E-state index contributed by atoms with van der Waals surface area (Å²) in [7, 11) is 1.34. The van der Waals surface area contributed by atoms with Crippen LogP contribution in [0.2, 0.25) is 0 Å². The van der Waals surface area contributed by atoms with Crippen molar-refractivity contribution in [1.82, 2.24) is 5.32 Å². The number of ether oxygens (including phenoxy) is 1. The van der Waals surface area contributed by atoms with Gasteiger partial charge in [-0.1, -0.05) is 30.3 Å². The number of amides is 1. The van der Waals surface area contributed by atoms with Gasteiger partial charge >= 0.3 is 5.97 Å². The normalized spacial score (nSPS) is 11.1. The van der Waals surface area contributed by atoms with E-state index in [-0.39, 0.29) is 30.7 Å². The first-order valence-corrected chi connectivity index (χ1v) is 5.80. The third-order valence-electron chi connectivity index (χ3n) is 2.53. The van der Waals surface area contributed by atoms with Crippen LogP contribution in [0.5, 0.6) is 0 Å². The van der Waals surface area contributed by atoms with Gasteiger partial charge in [-0.05, 0) is 12.0 Å². The molecule has 0 heterocycles. The highest BCUT2D eigenvalue weighted by molar-refractivity contribution is 5.85. The fraction of sp³-hybridized carbons (Fsp3) is 0.385. The Bertz CT molecular complexity index is 398. The SMILES string of the molecule is COC(=O)CCCNC(=O)C(N)c1ccccc1.Cl. The van der Waals surface area contributed by atoms with Gasteiger partial charge < -0.3 is 15.8 Å². The maximum absolute atomic E-state index is 11.7. The number of esters is 1. The lowest BCUT2D eigenvalue weighted by Gasteiger charge is -2.12. The molecule has 5 nitrogen and oxygen atoms in total. The molecule has 0 spiro atoms. The van der Waals surface area contributed by atoms with E-state index >= 15 is 0 Å². The summed E-state index contributed by atoms with van der Waals surface area (Å²) in [6, 6.07) is 8.46. The van der Waals surface area contributed by atoms with Crippen molar-refractivity contribution in [2.75, 3.05) is 13.7 Å². The molecule has 0 aliphatic heterocycles. The molecule has 3 N–H and O–H groups in total. The van der Waals surface area contributed by atoms with Crippen LogP contribution in [0.25, 0.3) is 0 Å². The molecule has 1 unspecified atom stereocenters. The second-order valence-electron chi connectivity index (χ2n) is 3.86. The molecule has 1 amide bonds. The van der Waals surface area contributed by atoms with Gasteiger partial charge in [-0.15, -0.1) is 12.4 Å². The van der Waals surface area contributed by atoms with Crippen molar-refractivity contribution in [2.24, 2.45) is 5.73 Å². The van der Waals surface area contributed by atoms with Gasteiger partial charge in [0.05, 0.1) is 7.11 Å². The summed E-state index contributed by atoms with van der Waals surface area (Å²) in [5, 5.41) is 2.69. The lowest BCUT2D eigenvalue weighted by molar-refractivity contribution is -0.140. The van der Waals surface area contributed by atoms with E-state index in [1.165, 1.54) is 7.11 Å². The number of hydrogen-bond donors (Lipinski definition) is 2. The van der Waals surface area contributed by atoms with E-state index in [1.54, 1.807) is 12.1 Å². The number of halogens is 1. The Kier molecular flexibility index (Phi) is 8.57. The number of nitrogens with two attached hydrogens (primary N) is 1. The maximum atomic E-state index is 11.7. The molecule has 19 heavy (non-hydrogen) atoms. The van der Waals surface area contributed by atoms with Crippen LogP contribution in [0.15, 0.2) is 30.3 Å². The van der Waals surface area contributed by atoms with Crippen LogP contribution in [-0.2, 0) is 14.3 Å². The largest absolute Gasteiger partial charge is 0.469 e. The van der Waals surface area contributed by atoms with Crippen LogP contribution >= 0.6 is 12.4 Å². The van der Waals surface area contributed by atoms with E-state index in [1.807, 2.05) is 18.2 Å². The third kappa shape index (κ3) is 6.22. The Morgan fingerprint density at radius 2 is 1.95 bits per heavy atom. The van der Waals surface area contributed by atoms with Gasteiger partial charge in [-0.2, -0.15) is 0 Å². The van der Waals surface area contributed by atoms with Crippen molar-refractivity contribution >= 4 is 24.3 Å². The van der Waals surface area contributed by atoms with Crippen LogP contribution in [0.1, 0.15) is 24.4 Å². The summed E-state index contributed by atoms with van der Waals surface area (Å²) in [6.07, 6.45) is 0.831. The van der Waals surface area contributed by atoms with Crippen molar-refractivity contribution in [3.05, 3.63) is 35.9 Å². The highest BCUT2D eigenvalue weighted by Gasteiger charge is 2.14. The molecule has 0 bridgehead atoms. The molecule has 1 atom stereocenters. The van der Waals surface area contributed by atoms with Crippen LogP contribution in [0, 0.1) is 0 Å². The van der Waals surface area contributed by atoms with Gasteiger partial charge in [0.1, 0.15) is 6.04 Å². The van der Waals surface area contributed by atoms with E-state index in [0.29, 0.717) is 13.0 Å². The van der Waals surface area contributed by atoms with Crippen molar-refractivity contribution in [3.8, 4) is 0 Å². The summed E-state index contributed by atoms with van der Waals surface area (Å²) in [4.78, 5) is 22.6. The lowest BCUT2D eigenvalue weighted by atomic mass is 10.1. The standard InChI is InChI=1S/C13H18N2O3.ClH/c1-18-11(16)8-5-9-15-13(17)12(14)10-6-3-2-4-7-10;/h2-4,6-7,12H,5,8-9,14H2,1H3,(H,15,17);1H. The van der Waals surface area contributed by atoms with Crippen LogP contribution in [-0.4, -0.2) is 25.5 Å². The number of rotatable bonds is 6. The van der Waals surface area contributed by atoms with Crippen molar-refractivity contribution in [2.45, 2.75) is 18.9 Å². The number of methoxy groups -OCH3 is 1. The monoisotopic (exact) mass is 286 g/mol. The topological polar surface area (TPSA) is 81.4 Å². The molecule has 106 valence electrons.